The van der Waals surface area contributed by atoms with Crippen molar-refractivity contribution >= 4 is 12.0 Å². The number of carboxylic acid groups (broad SMARTS) is 1. The number of rotatable bonds is 7. The van der Waals surface area contributed by atoms with Gasteiger partial charge in [0, 0.05) is 6.54 Å². The largest absolute Gasteiger partial charge is 0.480 e. The normalized spacial score (nSPS) is 12.2. The van der Waals surface area contributed by atoms with Gasteiger partial charge in [-0.05, 0) is 6.42 Å². The predicted molar refractivity (Wildman–Crippen MR) is 54.7 cm³/mol. The van der Waals surface area contributed by atoms with E-state index in [1.807, 2.05) is 0 Å². The van der Waals surface area contributed by atoms with Crippen LogP contribution in [0.1, 0.15) is 6.42 Å². The quantitative estimate of drug-likeness (QED) is 0.286. The molecule has 0 aromatic carbocycles. The van der Waals surface area contributed by atoms with Crippen molar-refractivity contribution in [1.82, 2.24) is 10.6 Å². The van der Waals surface area contributed by atoms with Crippen LogP contribution in [0.5, 0.6) is 0 Å². The number of carboxylic acids is 1. The van der Waals surface area contributed by atoms with E-state index in [4.69, 9.17) is 21.1 Å². The van der Waals surface area contributed by atoms with Crippen LogP contribution >= 0.6 is 0 Å². The summed E-state index contributed by atoms with van der Waals surface area (Å²) in [6, 6.07) is -2.34. The van der Waals surface area contributed by atoms with E-state index in [2.05, 4.69) is 10.6 Å². The number of amides is 2. The van der Waals surface area contributed by atoms with Gasteiger partial charge in [0.1, 0.15) is 6.04 Å². The smallest absolute Gasteiger partial charge is 0.320 e. The van der Waals surface area contributed by atoms with Crippen LogP contribution in [-0.4, -0.2) is 59.2 Å². The molecule has 0 radical (unpaired) electrons. The second-order valence-electron chi connectivity index (χ2n) is 3.20. The summed E-state index contributed by atoms with van der Waals surface area (Å²) in [6.45, 7) is -0.653. The van der Waals surface area contributed by atoms with Gasteiger partial charge < -0.3 is 31.7 Å². The molecule has 7 N–H and O–H groups in total. The maximum Gasteiger partial charge on any atom is 0.320 e. The summed E-state index contributed by atoms with van der Waals surface area (Å²) in [4.78, 5) is 21.4. The lowest BCUT2D eigenvalue weighted by Crippen LogP contribution is -2.46. The zero-order valence-corrected chi connectivity index (χ0v) is 8.72. The maximum atomic E-state index is 11.1. The minimum Gasteiger partial charge on any atom is -0.480 e. The molecular formula is C8H17N3O5. The lowest BCUT2D eigenvalue weighted by Gasteiger charge is -2.14. The summed E-state index contributed by atoms with van der Waals surface area (Å²) in [6.07, 6.45) is 0.103. The Labute approximate surface area is 92.4 Å². The first kappa shape index (κ1) is 14.6. The van der Waals surface area contributed by atoms with Crippen molar-refractivity contribution in [3.63, 3.8) is 0 Å². The van der Waals surface area contributed by atoms with Crippen molar-refractivity contribution in [2.75, 3.05) is 19.8 Å². The maximum absolute atomic E-state index is 11.1. The van der Waals surface area contributed by atoms with E-state index in [1.165, 1.54) is 0 Å². The minimum absolute atomic E-state index is 0.100. The molecule has 16 heavy (non-hydrogen) atoms. The fourth-order valence-corrected chi connectivity index (χ4v) is 0.850. The third-order valence-corrected chi connectivity index (χ3v) is 1.83. The molecule has 0 unspecified atom stereocenters. The van der Waals surface area contributed by atoms with Crippen molar-refractivity contribution in [2.24, 2.45) is 5.73 Å². The number of aliphatic carboxylic acids is 1. The van der Waals surface area contributed by atoms with E-state index in [1.54, 1.807) is 0 Å². The average Bonchev–Trinajstić information content (AvgIpc) is 2.25. The summed E-state index contributed by atoms with van der Waals surface area (Å²) < 4.78 is 0. The Balaban J connectivity index is 3.69. The molecule has 0 aliphatic heterocycles. The molecule has 0 spiro atoms. The molecule has 2 amide bonds. The van der Waals surface area contributed by atoms with Crippen molar-refractivity contribution in [2.45, 2.75) is 18.5 Å². The number of hydrogen-bond donors (Lipinski definition) is 6. The van der Waals surface area contributed by atoms with Crippen molar-refractivity contribution in [3.8, 4) is 0 Å². The van der Waals surface area contributed by atoms with Gasteiger partial charge in [0.15, 0.2) is 0 Å². The Morgan fingerprint density at radius 2 is 1.81 bits per heavy atom. The number of aliphatic hydroxyl groups is 2. The van der Waals surface area contributed by atoms with Gasteiger partial charge in [0.2, 0.25) is 0 Å². The average molecular weight is 235 g/mol. The summed E-state index contributed by atoms with van der Waals surface area (Å²) >= 11 is 0. The first-order chi connectivity index (χ1) is 7.51. The summed E-state index contributed by atoms with van der Waals surface area (Å²) in [5.74, 6) is -1.13. The van der Waals surface area contributed by atoms with Crippen LogP contribution in [0, 0.1) is 0 Å². The zero-order valence-electron chi connectivity index (χ0n) is 8.72. The molecule has 94 valence electrons. The van der Waals surface area contributed by atoms with E-state index >= 15 is 0 Å². The highest BCUT2D eigenvalue weighted by atomic mass is 16.4. The highest BCUT2D eigenvalue weighted by molar-refractivity contribution is 5.75. The number of carbonyl (C=O) groups is 2. The number of hydrogen-bond acceptors (Lipinski definition) is 5. The number of urea groups is 1. The lowest BCUT2D eigenvalue weighted by atomic mass is 10.2. The first-order valence-electron chi connectivity index (χ1n) is 4.75. The van der Waals surface area contributed by atoms with Crippen LogP contribution in [0.15, 0.2) is 0 Å². The van der Waals surface area contributed by atoms with Gasteiger partial charge in [-0.2, -0.15) is 0 Å². The second kappa shape index (κ2) is 7.85. The molecule has 0 rings (SSSR count). The predicted octanol–water partition coefficient (Wildman–Crippen LogP) is -2.56. The molecule has 0 bridgehead atoms. The fourth-order valence-electron chi connectivity index (χ4n) is 0.850. The molecule has 1 atom stereocenters. The van der Waals surface area contributed by atoms with Crippen LogP contribution in [0.4, 0.5) is 4.79 Å². The van der Waals surface area contributed by atoms with Gasteiger partial charge >= 0.3 is 12.0 Å². The highest BCUT2D eigenvalue weighted by Crippen LogP contribution is 1.86. The molecule has 0 aromatic rings. The van der Waals surface area contributed by atoms with Crippen LogP contribution in [0.2, 0.25) is 0 Å². The van der Waals surface area contributed by atoms with Gasteiger partial charge in [-0.1, -0.05) is 0 Å². The molecule has 0 saturated carbocycles. The van der Waals surface area contributed by atoms with Crippen LogP contribution in [0.3, 0.4) is 0 Å². The van der Waals surface area contributed by atoms with Gasteiger partial charge in [-0.25, -0.2) is 4.79 Å². The zero-order chi connectivity index (χ0) is 12.6. The third kappa shape index (κ3) is 6.17. The Morgan fingerprint density at radius 3 is 2.25 bits per heavy atom. The van der Waals surface area contributed by atoms with Gasteiger partial charge in [0.05, 0.1) is 19.3 Å². The SMILES string of the molecule is N[C@@H](CCNC(=O)NC(CO)CO)C(=O)O. The Kier molecular flexibility index (Phi) is 7.18. The van der Waals surface area contributed by atoms with Gasteiger partial charge in [0.25, 0.3) is 0 Å². The molecule has 8 heteroatoms. The van der Waals surface area contributed by atoms with Crippen LogP contribution in [-0.2, 0) is 4.79 Å². The van der Waals surface area contributed by atoms with E-state index in [-0.39, 0.29) is 26.2 Å². The molecule has 0 aliphatic rings. The molecule has 0 aliphatic carbocycles. The lowest BCUT2D eigenvalue weighted by molar-refractivity contribution is -0.138. The summed E-state index contributed by atoms with van der Waals surface area (Å²) in [5.41, 5.74) is 5.21. The number of carbonyl (C=O) groups excluding carboxylic acids is 1. The van der Waals surface area contributed by atoms with E-state index in [0.29, 0.717) is 0 Å². The first-order valence-corrected chi connectivity index (χ1v) is 4.75. The molecule has 0 saturated heterocycles. The third-order valence-electron chi connectivity index (χ3n) is 1.83. The molecule has 0 aromatic heterocycles. The molecule has 8 nitrogen and oxygen atoms in total. The summed E-state index contributed by atoms with van der Waals surface area (Å²) in [7, 11) is 0. The molecular weight excluding hydrogens is 218 g/mol. The number of nitrogens with two attached hydrogens (primary N) is 1. The van der Waals surface area contributed by atoms with E-state index in [9.17, 15) is 9.59 Å². The van der Waals surface area contributed by atoms with Crippen LogP contribution in [0.25, 0.3) is 0 Å². The van der Waals surface area contributed by atoms with Crippen molar-refractivity contribution in [1.29, 1.82) is 0 Å². The molecule has 0 heterocycles. The highest BCUT2D eigenvalue weighted by Gasteiger charge is 2.12. The van der Waals surface area contributed by atoms with Crippen LogP contribution < -0.4 is 16.4 Å². The van der Waals surface area contributed by atoms with Gasteiger partial charge in [-0.15, -0.1) is 0 Å². The summed E-state index contributed by atoms with van der Waals surface area (Å²) in [5, 5.41) is 30.4. The standard InChI is InChI=1S/C8H17N3O5/c9-6(7(14)15)1-2-10-8(16)11-5(3-12)4-13/h5-6,12-13H,1-4,9H2,(H,14,15)(H2,10,11,16)/t6-/m0/s1. The minimum atomic E-state index is -1.13. The van der Waals surface area contributed by atoms with E-state index < -0.39 is 24.1 Å². The van der Waals surface area contributed by atoms with E-state index in [0.717, 1.165) is 0 Å². The van der Waals surface area contributed by atoms with Crippen molar-refractivity contribution in [3.05, 3.63) is 0 Å². The Hall–Kier alpha value is -1.38. The number of aliphatic hydroxyl groups excluding tert-OH is 2. The fraction of sp³-hybridized carbons (Fsp3) is 0.750. The van der Waals surface area contributed by atoms with Gasteiger partial charge in [-0.3, -0.25) is 4.79 Å². The Morgan fingerprint density at radius 1 is 1.25 bits per heavy atom. The Bertz CT molecular complexity index is 232. The second-order valence-corrected chi connectivity index (χ2v) is 3.20. The molecule has 0 fully saturated rings. The monoisotopic (exact) mass is 235 g/mol. The van der Waals surface area contributed by atoms with Crippen molar-refractivity contribution < 1.29 is 24.9 Å². The topological polar surface area (TPSA) is 145 Å². The number of nitrogens with one attached hydrogen (secondary N) is 2.